The van der Waals surface area contributed by atoms with Crippen LogP contribution >= 0.6 is 23.2 Å². The zero-order valence-corrected chi connectivity index (χ0v) is 25.1. The minimum absolute atomic E-state index is 0.235. The van der Waals surface area contributed by atoms with Crippen LogP contribution in [0.25, 0.3) is 17.4 Å². The van der Waals surface area contributed by atoms with Gasteiger partial charge in [-0.2, -0.15) is 23.4 Å². The lowest BCUT2D eigenvalue weighted by Gasteiger charge is -2.06. The molecule has 5 heterocycles. The lowest BCUT2D eigenvalue weighted by molar-refractivity contribution is -0.141. The van der Waals surface area contributed by atoms with Gasteiger partial charge in [-0.05, 0) is 48.5 Å². The maximum Gasteiger partial charge on any atom is 0.433 e. The fraction of sp³-hybridized carbons (Fsp3) is 0.0333. The number of nitrogens with zero attached hydrogens (tertiary/aromatic N) is 7. The van der Waals surface area contributed by atoms with E-state index in [0.717, 1.165) is 18.0 Å². The first-order chi connectivity index (χ1) is 22.6. The highest BCUT2D eigenvalue weighted by molar-refractivity contribution is 6.31. The van der Waals surface area contributed by atoms with Crippen molar-refractivity contribution in [2.75, 3.05) is 5.32 Å². The van der Waals surface area contributed by atoms with Crippen LogP contribution in [0.2, 0.25) is 10.0 Å². The normalized spacial score (nSPS) is 12.4. The van der Waals surface area contributed by atoms with Crippen LogP contribution in [0, 0.1) is 0 Å². The summed E-state index contributed by atoms with van der Waals surface area (Å²) in [6.07, 6.45) is 3.21. The number of H-pyrrole nitrogens is 2. The van der Waals surface area contributed by atoms with Gasteiger partial charge in [-0.1, -0.05) is 35.3 Å². The average Bonchev–Trinajstić information content (AvgIpc) is 3.74. The number of aromatic nitrogens is 8. The number of nitrogens with one attached hydrogen (secondary N) is 3. The van der Waals surface area contributed by atoms with Crippen LogP contribution in [0.15, 0.2) is 95.2 Å². The molecule has 0 spiro atoms. The summed E-state index contributed by atoms with van der Waals surface area (Å²) in [6, 6.07) is 17.5. The molecule has 0 aliphatic carbocycles. The SMILES string of the molecule is O=Cc1cnn2ccc(Nc3cccc(Cl)c3)nc12.O=c1[nH][nH]c(C(F)(F)F)c1C=c1cnn2ccc(=Nc3cccc(Cl)c3)nc12. The Labute approximate surface area is 270 Å². The van der Waals surface area contributed by atoms with Crippen molar-refractivity contribution in [2.24, 2.45) is 4.99 Å². The van der Waals surface area contributed by atoms with Crippen LogP contribution in [0.3, 0.4) is 0 Å². The standard InChI is InChI=1S/C17H10ClF3N6O.C13H9ClN4O/c18-10-2-1-3-11(7-10)23-13-4-5-27-15(24-13)9(8-22-27)6-12-14(17(19,20)21)25-26-16(12)28;14-10-2-1-3-11(6-10)16-12-4-5-18-13(17-12)9(8-19)7-15-18/h1-8H,(H2,25,26,28);1-8H,(H,16,17). The number of fused-ring (bicyclic) bond motifs is 2. The van der Waals surface area contributed by atoms with Gasteiger partial charge in [0, 0.05) is 39.4 Å². The number of aromatic amines is 2. The number of hydrogen-bond acceptors (Lipinski definition) is 8. The molecule has 236 valence electrons. The Bertz CT molecular complexity index is 2430. The molecule has 47 heavy (non-hydrogen) atoms. The minimum atomic E-state index is -4.71. The second kappa shape index (κ2) is 12.9. The van der Waals surface area contributed by atoms with Gasteiger partial charge in [0.1, 0.15) is 11.5 Å². The predicted octanol–water partition coefficient (Wildman–Crippen LogP) is 5.14. The molecule has 0 aliphatic heterocycles. The van der Waals surface area contributed by atoms with Gasteiger partial charge >= 0.3 is 6.18 Å². The summed E-state index contributed by atoms with van der Waals surface area (Å²) < 4.78 is 42.1. The van der Waals surface area contributed by atoms with Gasteiger partial charge in [-0.15, -0.1) is 0 Å². The number of hydrogen-bond donors (Lipinski definition) is 3. The molecule has 0 fully saturated rings. The molecule has 0 radical (unpaired) electrons. The van der Waals surface area contributed by atoms with Gasteiger partial charge in [-0.25, -0.2) is 24.0 Å². The second-order valence-electron chi connectivity index (χ2n) is 9.69. The van der Waals surface area contributed by atoms with Crippen LogP contribution < -0.4 is 21.6 Å². The average molecular weight is 679 g/mol. The zero-order chi connectivity index (χ0) is 33.1. The Morgan fingerprint density at radius 2 is 1.60 bits per heavy atom. The molecule has 2 aromatic carbocycles. The summed E-state index contributed by atoms with van der Waals surface area (Å²) >= 11 is 11.8. The topological polar surface area (TPSA) is 150 Å². The number of alkyl halides is 3. The van der Waals surface area contributed by atoms with Crippen LogP contribution in [-0.4, -0.2) is 45.7 Å². The number of halogens is 5. The first kappa shape index (κ1) is 31.2. The van der Waals surface area contributed by atoms with Crippen molar-refractivity contribution in [1.82, 2.24) is 39.4 Å². The molecule has 0 saturated heterocycles. The second-order valence-corrected chi connectivity index (χ2v) is 10.6. The van der Waals surface area contributed by atoms with Crippen molar-refractivity contribution < 1.29 is 18.0 Å². The quantitative estimate of drug-likeness (QED) is 0.213. The van der Waals surface area contributed by atoms with Crippen molar-refractivity contribution in [2.45, 2.75) is 6.18 Å². The van der Waals surface area contributed by atoms with E-state index in [9.17, 15) is 22.8 Å². The molecule has 12 nitrogen and oxygen atoms in total. The van der Waals surface area contributed by atoms with Gasteiger partial charge < -0.3 is 5.32 Å². The molecule has 7 rings (SSSR count). The predicted molar refractivity (Wildman–Crippen MR) is 168 cm³/mol. The van der Waals surface area contributed by atoms with Crippen LogP contribution in [0.4, 0.5) is 30.4 Å². The molecule has 3 N–H and O–H groups in total. The van der Waals surface area contributed by atoms with Crippen molar-refractivity contribution in [3.8, 4) is 0 Å². The Morgan fingerprint density at radius 1 is 0.872 bits per heavy atom. The number of aldehydes is 1. The third-order valence-corrected chi connectivity index (χ3v) is 6.92. The molecule has 0 aliphatic rings. The van der Waals surface area contributed by atoms with E-state index in [0.29, 0.717) is 38.2 Å². The van der Waals surface area contributed by atoms with E-state index in [2.05, 4.69) is 30.5 Å². The van der Waals surface area contributed by atoms with Crippen molar-refractivity contribution in [3.63, 3.8) is 0 Å². The summed E-state index contributed by atoms with van der Waals surface area (Å²) in [5, 5.41) is 16.4. The van der Waals surface area contributed by atoms with Crippen LogP contribution in [-0.2, 0) is 6.18 Å². The lowest BCUT2D eigenvalue weighted by atomic mass is 10.2. The number of anilines is 2. The third kappa shape index (κ3) is 7.05. The van der Waals surface area contributed by atoms with E-state index >= 15 is 0 Å². The van der Waals surface area contributed by atoms with E-state index in [-0.39, 0.29) is 10.9 Å². The highest BCUT2D eigenvalue weighted by atomic mass is 35.5. The third-order valence-electron chi connectivity index (χ3n) is 6.45. The van der Waals surface area contributed by atoms with Gasteiger partial charge in [-0.3, -0.25) is 19.8 Å². The Kier molecular flexibility index (Phi) is 8.56. The first-order valence-corrected chi connectivity index (χ1v) is 14.2. The molecule has 7 aromatic rings. The highest BCUT2D eigenvalue weighted by Gasteiger charge is 2.36. The van der Waals surface area contributed by atoms with Gasteiger partial charge in [0.2, 0.25) is 0 Å². The van der Waals surface area contributed by atoms with E-state index < -0.39 is 23.0 Å². The highest BCUT2D eigenvalue weighted by Crippen LogP contribution is 2.29. The molecular formula is C30H19Cl2F3N10O2. The minimum Gasteiger partial charge on any atom is -0.340 e. The lowest BCUT2D eigenvalue weighted by Crippen LogP contribution is -2.15. The molecular weight excluding hydrogens is 660 g/mol. The monoisotopic (exact) mass is 678 g/mol. The molecule has 0 atom stereocenters. The smallest absolute Gasteiger partial charge is 0.340 e. The summed E-state index contributed by atoms with van der Waals surface area (Å²) in [4.78, 5) is 35.7. The van der Waals surface area contributed by atoms with Gasteiger partial charge in [0.15, 0.2) is 23.1 Å². The van der Waals surface area contributed by atoms with Crippen LogP contribution in [0.1, 0.15) is 21.6 Å². The van der Waals surface area contributed by atoms with E-state index in [1.807, 2.05) is 22.3 Å². The molecule has 0 amide bonds. The van der Waals surface area contributed by atoms with Gasteiger partial charge in [0.25, 0.3) is 5.56 Å². The summed E-state index contributed by atoms with van der Waals surface area (Å²) in [7, 11) is 0. The summed E-state index contributed by atoms with van der Waals surface area (Å²) in [6.45, 7) is 0. The molecule has 17 heteroatoms. The number of carbonyl (C=O) groups is 1. The van der Waals surface area contributed by atoms with E-state index in [4.69, 9.17) is 23.2 Å². The largest absolute Gasteiger partial charge is 0.433 e. The van der Waals surface area contributed by atoms with Crippen LogP contribution in [0.5, 0.6) is 0 Å². The van der Waals surface area contributed by atoms with Crippen molar-refractivity contribution >= 4 is 64.1 Å². The molecule has 0 saturated carbocycles. The zero-order valence-electron chi connectivity index (χ0n) is 23.6. The fourth-order valence-electron chi connectivity index (χ4n) is 4.36. The molecule has 5 aromatic heterocycles. The Balaban J connectivity index is 0.000000177. The summed E-state index contributed by atoms with van der Waals surface area (Å²) in [5.41, 5.74) is 0.300. The number of benzene rings is 2. The van der Waals surface area contributed by atoms with E-state index in [1.54, 1.807) is 65.4 Å². The number of carbonyl (C=O) groups excluding carboxylic acids is 1. The Hall–Kier alpha value is -5.80. The fourth-order valence-corrected chi connectivity index (χ4v) is 4.73. The summed E-state index contributed by atoms with van der Waals surface area (Å²) in [5.74, 6) is 0.623. The van der Waals surface area contributed by atoms with Gasteiger partial charge in [0.05, 0.1) is 29.2 Å². The van der Waals surface area contributed by atoms with Crippen molar-refractivity contribution in [3.05, 3.63) is 133 Å². The maximum atomic E-state index is 13.1. The maximum absolute atomic E-state index is 13.1. The van der Waals surface area contributed by atoms with Crippen molar-refractivity contribution in [1.29, 1.82) is 0 Å². The number of rotatable bonds is 5. The first-order valence-electron chi connectivity index (χ1n) is 13.4. The molecule has 0 bridgehead atoms. The molecule has 0 unspecified atom stereocenters. The Morgan fingerprint density at radius 3 is 2.34 bits per heavy atom. The van der Waals surface area contributed by atoms with E-state index in [1.165, 1.54) is 16.9 Å².